The molecule has 0 atom stereocenters. The third-order valence-electron chi connectivity index (χ3n) is 2.02. The third kappa shape index (κ3) is 1.98. The van der Waals surface area contributed by atoms with Crippen molar-refractivity contribution in [3.05, 3.63) is 44.3 Å². The van der Waals surface area contributed by atoms with E-state index in [1.807, 2.05) is 0 Å². The smallest absolute Gasteiger partial charge is 0.292 e. The standard InChI is InChI=1S/C9H7IN4O2/c10-6-4-12-13(5-6)7-1-2-9(14(15)16)8(11)3-7/h1-5H,11H2. The average molecular weight is 330 g/mol. The van der Waals surface area contributed by atoms with Gasteiger partial charge in [0.1, 0.15) is 5.69 Å². The highest BCUT2D eigenvalue weighted by atomic mass is 127. The van der Waals surface area contributed by atoms with Crippen molar-refractivity contribution in [2.45, 2.75) is 0 Å². The number of aromatic nitrogens is 2. The molecule has 2 aromatic rings. The summed E-state index contributed by atoms with van der Waals surface area (Å²) < 4.78 is 2.59. The highest BCUT2D eigenvalue weighted by molar-refractivity contribution is 14.1. The molecule has 6 nitrogen and oxygen atoms in total. The van der Waals surface area contributed by atoms with E-state index in [9.17, 15) is 10.1 Å². The summed E-state index contributed by atoms with van der Waals surface area (Å²) in [6, 6.07) is 4.51. The first kappa shape index (κ1) is 10.9. The number of nitro groups is 1. The Bertz CT molecular complexity index is 552. The summed E-state index contributed by atoms with van der Waals surface area (Å²) in [5, 5.41) is 14.7. The third-order valence-corrected chi connectivity index (χ3v) is 2.58. The van der Waals surface area contributed by atoms with Crippen molar-refractivity contribution in [1.29, 1.82) is 0 Å². The summed E-state index contributed by atoms with van der Waals surface area (Å²) >= 11 is 2.13. The summed E-state index contributed by atoms with van der Waals surface area (Å²) in [5.41, 5.74) is 6.32. The lowest BCUT2D eigenvalue weighted by molar-refractivity contribution is -0.383. The average Bonchev–Trinajstić information content (AvgIpc) is 2.64. The summed E-state index contributed by atoms with van der Waals surface area (Å²) in [6.45, 7) is 0. The molecule has 16 heavy (non-hydrogen) atoms. The molecule has 0 radical (unpaired) electrons. The molecule has 0 spiro atoms. The fourth-order valence-corrected chi connectivity index (χ4v) is 1.68. The number of nitrogens with two attached hydrogens (primary N) is 1. The van der Waals surface area contributed by atoms with Crippen LogP contribution in [0.3, 0.4) is 0 Å². The van der Waals surface area contributed by atoms with Crippen LogP contribution in [0.4, 0.5) is 11.4 Å². The van der Waals surface area contributed by atoms with Crippen LogP contribution in [0.1, 0.15) is 0 Å². The molecule has 1 aromatic heterocycles. The predicted molar refractivity (Wildman–Crippen MR) is 67.3 cm³/mol. The van der Waals surface area contributed by atoms with E-state index in [1.165, 1.54) is 12.1 Å². The van der Waals surface area contributed by atoms with Crippen LogP contribution in [0.15, 0.2) is 30.6 Å². The Morgan fingerprint density at radius 2 is 2.25 bits per heavy atom. The molecule has 1 aromatic carbocycles. The molecule has 2 N–H and O–H groups in total. The van der Waals surface area contributed by atoms with Crippen LogP contribution in [-0.4, -0.2) is 14.7 Å². The van der Waals surface area contributed by atoms with Crippen LogP contribution in [0, 0.1) is 13.7 Å². The Hall–Kier alpha value is -1.64. The summed E-state index contributed by atoms with van der Waals surface area (Å²) in [7, 11) is 0. The second kappa shape index (κ2) is 4.08. The van der Waals surface area contributed by atoms with E-state index in [1.54, 1.807) is 23.1 Å². The normalized spacial score (nSPS) is 10.3. The topological polar surface area (TPSA) is 87.0 Å². The SMILES string of the molecule is Nc1cc(-n2cc(I)cn2)ccc1[N+](=O)[O-]. The molecule has 0 saturated carbocycles. The molecular weight excluding hydrogens is 323 g/mol. The van der Waals surface area contributed by atoms with Crippen LogP contribution in [0.25, 0.3) is 5.69 Å². The highest BCUT2D eigenvalue weighted by Crippen LogP contribution is 2.23. The number of halogens is 1. The second-order valence-electron chi connectivity index (χ2n) is 3.10. The number of benzene rings is 1. The molecule has 7 heteroatoms. The fraction of sp³-hybridized carbons (Fsp3) is 0. The number of anilines is 1. The summed E-state index contributed by atoms with van der Waals surface area (Å²) in [5.74, 6) is 0. The van der Waals surface area contributed by atoms with Crippen molar-refractivity contribution in [3.63, 3.8) is 0 Å². The van der Waals surface area contributed by atoms with E-state index in [-0.39, 0.29) is 11.4 Å². The van der Waals surface area contributed by atoms with E-state index in [0.29, 0.717) is 5.69 Å². The lowest BCUT2D eigenvalue weighted by Gasteiger charge is -2.02. The zero-order valence-electron chi connectivity index (χ0n) is 8.00. The predicted octanol–water partition coefficient (Wildman–Crippen LogP) is 1.97. The van der Waals surface area contributed by atoms with Gasteiger partial charge in [-0.2, -0.15) is 5.10 Å². The minimum atomic E-state index is -0.508. The van der Waals surface area contributed by atoms with Crippen molar-refractivity contribution < 1.29 is 4.92 Å². The molecule has 0 aliphatic carbocycles. The minimum Gasteiger partial charge on any atom is -0.393 e. The maximum absolute atomic E-state index is 10.6. The lowest BCUT2D eigenvalue weighted by atomic mass is 10.2. The van der Waals surface area contributed by atoms with Crippen LogP contribution >= 0.6 is 22.6 Å². The molecule has 1 heterocycles. The first-order chi connectivity index (χ1) is 7.58. The van der Waals surface area contributed by atoms with Gasteiger partial charge in [-0.1, -0.05) is 0 Å². The first-order valence-corrected chi connectivity index (χ1v) is 5.40. The maximum Gasteiger partial charge on any atom is 0.292 e. The Morgan fingerprint density at radius 1 is 1.50 bits per heavy atom. The molecule has 0 fully saturated rings. The van der Waals surface area contributed by atoms with Crippen LogP contribution in [-0.2, 0) is 0 Å². The number of nitrogen functional groups attached to an aromatic ring is 1. The molecule has 82 valence electrons. The van der Waals surface area contributed by atoms with Gasteiger partial charge in [0.25, 0.3) is 5.69 Å². The molecule has 0 bridgehead atoms. The van der Waals surface area contributed by atoms with Crippen molar-refractivity contribution in [2.24, 2.45) is 0 Å². The van der Waals surface area contributed by atoms with Gasteiger partial charge in [0.15, 0.2) is 0 Å². The maximum atomic E-state index is 10.6. The largest absolute Gasteiger partial charge is 0.393 e. The van der Waals surface area contributed by atoms with E-state index >= 15 is 0 Å². The van der Waals surface area contributed by atoms with Crippen LogP contribution < -0.4 is 5.73 Å². The Balaban J connectivity index is 2.45. The molecule has 2 rings (SSSR count). The zero-order chi connectivity index (χ0) is 11.7. The molecule has 0 amide bonds. The van der Waals surface area contributed by atoms with Crippen LogP contribution in [0.2, 0.25) is 0 Å². The Morgan fingerprint density at radius 3 is 2.75 bits per heavy atom. The van der Waals surface area contributed by atoms with Crippen molar-refractivity contribution in [3.8, 4) is 5.69 Å². The van der Waals surface area contributed by atoms with E-state index in [2.05, 4.69) is 27.7 Å². The molecule has 0 unspecified atom stereocenters. The van der Waals surface area contributed by atoms with Gasteiger partial charge in [-0.05, 0) is 34.7 Å². The quantitative estimate of drug-likeness (QED) is 0.395. The molecule has 0 aliphatic heterocycles. The fourth-order valence-electron chi connectivity index (χ4n) is 1.29. The van der Waals surface area contributed by atoms with Gasteiger partial charge in [-0.15, -0.1) is 0 Å². The second-order valence-corrected chi connectivity index (χ2v) is 4.35. The van der Waals surface area contributed by atoms with Crippen molar-refractivity contribution in [1.82, 2.24) is 9.78 Å². The number of nitrogens with zero attached hydrogens (tertiary/aromatic N) is 3. The molecular formula is C9H7IN4O2. The van der Waals surface area contributed by atoms with Gasteiger partial charge in [-0.25, -0.2) is 4.68 Å². The number of nitro benzene ring substituents is 1. The van der Waals surface area contributed by atoms with Gasteiger partial charge in [0.05, 0.1) is 20.4 Å². The van der Waals surface area contributed by atoms with Gasteiger partial charge in [0.2, 0.25) is 0 Å². The van der Waals surface area contributed by atoms with Crippen LogP contribution in [0.5, 0.6) is 0 Å². The van der Waals surface area contributed by atoms with Crippen molar-refractivity contribution >= 4 is 34.0 Å². The van der Waals surface area contributed by atoms with Gasteiger partial charge >= 0.3 is 0 Å². The van der Waals surface area contributed by atoms with Gasteiger partial charge in [-0.3, -0.25) is 10.1 Å². The number of rotatable bonds is 2. The van der Waals surface area contributed by atoms with E-state index in [4.69, 9.17) is 5.73 Å². The van der Waals surface area contributed by atoms with Crippen molar-refractivity contribution in [2.75, 3.05) is 5.73 Å². The molecule has 0 saturated heterocycles. The van der Waals surface area contributed by atoms with Gasteiger partial charge in [0, 0.05) is 12.3 Å². The van der Waals surface area contributed by atoms with Gasteiger partial charge < -0.3 is 5.73 Å². The van der Waals surface area contributed by atoms with E-state index in [0.717, 1.165) is 3.57 Å². The first-order valence-electron chi connectivity index (χ1n) is 4.32. The molecule has 0 aliphatic rings. The Labute approximate surface area is 104 Å². The minimum absolute atomic E-state index is 0.0920. The number of hydrogen-bond donors (Lipinski definition) is 1. The Kier molecular flexibility index (Phi) is 2.77. The van der Waals surface area contributed by atoms with E-state index < -0.39 is 4.92 Å². The monoisotopic (exact) mass is 330 g/mol. The zero-order valence-corrected chi connectivity index (χ0v) is 10.2. The summed E-state index contributed by atoms with van der Waals surface area (Å²) in [6.07, 6.45) is 3.50. The highest BCUT2D eigenvalue weighted by Gasteiger charge is 2.11. The number of hydrogen-bond acceptors (Lipinski definition) is 4. The summed E-state index contributed by atoms with van der Waals surface area (Å²) in [4.78, 5) is 10.1. The lowest BCUT2D eigenvalue weighted by Crippen LogP contribution is -1.99.